The van der Waals surface area contributed by atoms with Gasteiger partial charge in [0.1, 0.15) is 0 Å². The Morgan fingerprint density at radius 2 is 2.31 bits per heavy atom. The SMILES string of the molecule is CCCc1cc(CC(C)N)nn1C. The molecule has 0 aliphatic carbocycles. The molecular formula is C10H19N3. The maximum absolute atomic E-state index is 5.71. The first kappa shape index (κ1) is 10.3. The zero-order chi connectivity index (χ0) is 9.84. The summed E-state index contributed by atoms with van der Waals surface area (Å²) < 4.78 is 1.96. The van der Waals surface area contributed by atoms with Gasteiger partial charge in [-0.1, -0.05) is 13.3 Å². The van der Waals surface area contributed by atoms with Crippen LogP contribution in [0.3, 0.4) is 0 Å². The van der Waals surface area contributed by atoms with Gasteiger partial charge in [0.05, 0.1) is 5.69 Å². The summed E-state index contributed by atoms with van der Waals surface area (Å²) in [6.45, 7) is 4.19. The van der Waals surface area contributed by atoms with Gasteiger partial charge in [-0.2, -0.15) is 5.10 Å². The summed E-state index contributed by atoms with van der Waals surface area (Å²) in [4.78, 5) is 0. The highest BCUT2D eigenvalue weighted by atomic mass is 15.3. The molecule has 0 aromatic carbocycles. The Kier molecular flexibility index (Phi) is 3.48. The van der Waals surface area contributed by atoms with Crippen molar-refractivity contribution in [1.82, 2.24) is 9.78 Å². The van der Waals surface area contributed by atoms with Gasteiger partial charge >= 0.3 is 0 Å². The van der Waals surface area contributed by atoms with E-state index in [1.54, 1.807) is 0 Å². The van der Waals surface area contributed by atoms with Crippen LogP contribution in [0.15, 0.2) is 6.07 Å². The maximum Gasteiger partial charge on any atom is 0.0642 e. The minimum atomic E-state index is 0.198. The van der Waals surface area contributed by atoms with Gasteiger partial charge < -0.3 is 5.73 Å². The molecule has 0 amide bonds. The first-order valence-electron chi connectivity index (χ1n) is 4.90. The highest BCUT2D eigenvalue weighted by Gasteiger charge is 2.05. The molecule has 3 heteroatoms. The molecular weight excluding hydrogens is 162 g/mol. The van der Waals surface area contributed by atoms with Gasteiger partial charge in [0.15, 0.2) is 0 Å². The summed E-state index contributed by atoms with van der Waals surface area (Å²) in [5.74, 6) is 0. The second kappa shape index (κ2) is 4.42. The van der Waals surface area contributed by atoms with E-state index < -0.39 is 0 Å². The molecule has 1 heterocycles. The molecule has 1 atom stereocenters. The Morgan fingerprint density at radius 1 is 1.62 bits per heavy atom. The smallest absolute Gasteiger partial charge is 0.0642 e. The molecule has 0 spiro atoms. The number of aromatic nitrogens is 2. The monoisotopic (exact) mass is 181 g/mol. The van der Waals surface area contributed by atoms with Gasteiger partial charge in [0.25, 0.3) is 0 Å². The zero-order valence-corrected chi connectivity index (χ0v) is 8.75. The first-order valence-corrected chi connectivity index (χ1v) is 4.90. The third-order valence-corrected chi connectivity index (χ3v) is 2.06. The van der Waals surface area contributed by atoms with Crippen molar-refractivity contribution in [3.63, 3.8) is 0 Å². The van der Waals surface area contributed by atoms with E-state index >= 15 is 0 Å². The molecule has 0 saturated heterocycles. The summed E-state index contributed by atoms with van der Waals surface area (Å²) in [5, 5.41) is 4.41. The fraction of sp³-hybridized carbons (Fsp3) is 0.700. The second-order valence-electron chi connectivity index (χ2n) is 3.68. The molecule has 0 bridgehead atoms. The van der Waals surface area contributed by atoms with E-state index in [4.69, 9.17) is 5.73 Å². The molecule has 13 heavy (non-hydrogen) atoms. The number of hydrogen-bond donors (Lipinski definition) is 1. The third-order valence-electron chi connectivity index (χ3n) is 2.06. The Labute approximate surface area is 79.9 Å². The lowest BCUT2D eigenvalue weighted by molar-refractivity contribution is 0.663. The Balaban J connectivity index is 2.70. The normalized spacial score (nSPS) is 13.2. The van der Waals surface area contributed by atoms with E-state index in [9.17, 15) is 0 Å². The molecule has 1 aromatic rings. The van der Waals surface area contributed by atoms with E-state index in [0.717, 1.165) is 25.0 Å². The topological polar surface area (TPSA) is 43.8 Å². The number of nitrogens with two attached hydrogens (primary N) is 1. The van der Waals surface area contributed by atoms with Crippen LogP contribution in [0.4, 0.5) is 0 Å². The first-order chi connectivity index (χ1) is 6.13. The number of hydrogen-bond acceptors (Lipinski definition) is 2. The molecule has 74 valence electrons. The molecule has 0 fully saturated rings. The molecule has 0 aliphatic rings. The van der Waals surface area contributed by atoms with Crippen molar-refractivity contribution in [3.8, 4) is 0 Å². The maximum atomic E-state index is 5.71. The minimum absolute atomic E-state index is 0.198. The van der Waals surface area contributed by atoms with Gasteiger partial charge in [-0.05, 0) is 19.4 Å². The zero-order valence-electron chi connectivity index (χ0n) is 8.75. The van der Waals surface area contributed by atoms with E-state index in [2.05, 4.69) is 18.1 Å². The van der Waals surface area contributed by atoms with Crippen molar-refractivity contribution in [2.75, 3.05) is 0 Å². The lowest BCUT2D eigenvalue weighted by atomic mass is 10.1. The van der Waals surface area contributed by atoms with Crippen molar-refractivity contribution in [2.24, 2.45) is 12.8 Å². The number of rotatable bonds is 4. The molecule has 1 unspecified atom stereocenters. The number of aryl methyl sites for hydroxylation is 2. The lowest BCUT2D eigenvalue weighted by Crippen LogP contribution is -2.18. The largest absolute Gasteiger partial charge is 0.328 e. The fourth-order valence-electron chi connectivity index (χ4n) is 1.49. The average Bonchev–Trinajstić information content (AvgIpc) is 2.31. The predicted molar refractivity (Wildman–Crippen MR) is 54.6 cm³/mol. The van der Waals surface area contributed by atoms with E-state index in [0.29, 0.717) is 0 Å². The van der Waals surface area contributed by atoms with Gasteiger partial charge in [0, 0.05) is 25.2 Å². The van der Waals surface area contributed by atoms with Crippen LogP contribution >= 0.6 is 0 Å². The van der Waals surface area contributed by atoms with Crippen molar-refractivity contribution < 1.29 is 0 Å². The molecule has 1 aromatic heterocycles. The quantitative estimate of drug-likeness (QED) is 0.760. The van der Waals surface area contributed by atoms with Crippen LogP contribution in [-0.2, 0) is 19.9 Å². The third kappa shape index (κ3) is 2.84. The van der Waals surface area contributed by atoms with Crippen molar-refractivity contribution >= 4 is 0 Å². The summed E-state index contributed by atoms with van der Waals surface area (Å²) in [6.07, 6.45) is 3.14. The van der Waals surface area contributed by atoms with Crippen LogP contribution < -0.4 is 5.73 Å². The Bertz CT molecular complexity index is 263. The highest BCUT2D eigenvalue weighted by Crippen LogP contribution is 2.07. The summed E-state index contributed by atoms with van der Waals surface area (Å²) in [6, 6.07) is 2.36. The second-order valence-corrected chi connectivity index (χ2v) is 3.68. The molecule has 1 rings (SSSR count). The summed E-state index contributed by atoms with van der Waals surface area (Å²) in [7, 11) is 2.00. The van der Waals surface area contributed by atoms with Crippen LogP contribution in [-0.4, -0.2) is 15.8 Å². The van der Waals surface area contributed by atoms with Crippen molar-refractivity contribution in [3.05, 3.63) is 17.5 Å². The van der Waals surface area contributed by atoms with Gasteiger partial charge in [-0.25, -0.2) is 0 Å². The predicted octanol–water partition coefficient (Wildman–Crippen LogP) is 1.26. The molecule has 2 N–H and O–H groups in total. The van der Waals surface area contributed by atoms with Gasteiger partial charge in [-0.15, -0.1) is 0 Å². The fourth-order valence-corrected chi connectivity index (χ4v) is 1.49. The Hall–Kier alpha value is -0.830. The number of nitrogens with zero attached hydrogens (tertiary/aromatic N) is 2. The standard InChI is InChI=1S/C10H19N3/c1-4-5-10-7-9(6-8(2)11)12-13(10)3/h7-8H,4-6,11H2,1-3H3. The van der Waals surface area contributed by atoms with Crippen molar-refractivity contribution in [2.45, 2.75) is 39.2 Å². The minimum Gasteiger partial charge on any atom is -0.328 e. The molecule has 3 nitrogen and oxygen atoms in total. The van der Waals surface area contributed by atoms with E-state index in [1.165, 1.54) is 5.69 Å². The van der Waals surface area contributed by atoms with E-state index in [-0.39, 0.29) is 6.04 Å². The average molecular weight is 181 g/mol. The molecule has 0 radical (unpaired) electrons. The summed E-state index contributed by atoms with van der Waals surface area (Å²) >= 11 is 0. The molecule has 0 saturated carbocycles. The van der Waals surface area contributed by atoms with Crippen LogP contribution in [0.2, 0.25) is 0 Å². The van der Waals surface area contributed by atoms with E-state index in [1.807, 2.05) is 18.7 Å². The van der Waals surface area contributed by atoms with Crippen LogP contribution in [0.5, 0.6) is 0 Å². The summed E-state index contributed by atoms with van der Waals surface area (Å²) in [5.41, 5.74) is 8.12. The van der Waals surface area contributed by atoms with Crippen LogP contribution in [0.25, 0.3) is 0 Å². The molecule has 0 aliphatic heterocycles. The van der Waals surface area contributed by atoms with Crippen LogP contribution in [0, 0.1) is 0 Å². The highest BCUT2D eigenvalue weighted by molar-refractivity contribution is 5.11. The van der Waals surface area contributed by atoms with Gasteiger partial charge in [0.2, 0.25) is 0 Å². The van der Waals surface area contributed by atoms with Crippen LogP contribution in [0.1, 0.15) is 31.7 Å². The van der Waals surface area contributed by atoms with Crippen molar-refractivity contribution in [1.29, 1.82) is 0 Å². The Morgan fingerprint density at radius 3 is 2.85 bits per heavy atom. The van der Waals surface area contributed by atoms with Gasteiger partial charge in [-0.3, -0.25) is 4.68 Å². The lowest BCUT2D eigenvalue weighted by Gasteiger charge is -1.98.